The van der Waals surface area contributed by atoms with Crippen molar-refractivity contribution in [2.24, 2.45) is 0 Å². The number of methoxy groups -OCH3 is 1. The summed E-state index contributed by atoms with van der Waals surface area (Å²) in [6, 6.07) is 0. The molecule has 1 atom stereocenters. The molecule has 1 aromatic heterocycles. The number of pyridine rings is 1. The molecule has 1 aliphatic heterocycles. The van der Waals surface area contributed by atoms with Gasteiger partial charge in [-0.1, -0.05) is 0 Å². The lowest BCUT2D eigenvalue weighted by Gasteiger charge is -2.23. The second-order valence-corrected chi connectivity index (χ2v) is 4.59. The van der Waals surface area contributed by atoms with Crippen molar-refractivity contribution in [3.05, 3.63) is 22.9 Å². The van der Waals surface area contributed by atoms with Gasteiger partial charge < -0.3 is 9.47 Å². The maximum atomic E-state index is 5.69. The number of nitrogens with zero attached hydrogens (tertiary/aromatic N) is 1. The number of fused-ring (bicyclic) bond motifs is 1. The molecule has 1 N–H and O–H groups in total. The highest BCUT2D eigenvalue weighted by atomic mass is 16.5. The molecule has 1 aliphatic carbocycles. The van der Waals surface area contributed by atoms with Gasteiger partial charge in [0.2, 0.25) is 5.88 Å². The van der Waals surface area contributed by atoms with Crippen LogP contribution in [0.2, 0.25) is 0 Å². The first-order chi connectivity index (χ1) is 8.40. The molecule has 0 spiro atoms. The standard InChI is InChI=1S/C13H18N2O2/c1-16-12-10-5-3-2-4-9(10)11(8-15-12)13-14-6-7-17-13/h8,13-14H,2-7H2,1H3. The third kappa shape index (κ3) is 1.91. The Balaban J connectivity index is 2.03. The smallest absolute Gasteiger partial charge is 0.216 e. The Bertz CT molecular complexity index is 414. The van der Waals surface area contributed by atoms with E-state index < -0.39 is 0 Å². The van der Waals surface area contributed by atoms with Crippen LogP contribution in [0, 0.1) is 0 Å². The van der Waals surface area contributed by atoms with Crippen molar-refractivity contribution in [2.45, 2.75) is 31.9 Å². The van der Waals surface area contributed by atoms with E-state index in [1.165, 1.54) is 29.5 Å². The van der Waals surface area contributed by atoms with Crippen LogP contribution in [0.4, 0.5) is 0 Å². The van der Waals surface area contributed by atoms with Gasteiger partial charge in [-0.3, -0.25) is 5.32 Å². The lowest BCUT2D eigenvalue weighted by atomic mass is 9.89. The largest absolute Gasteiger partial charge is 0.481 e. The van der Waals surface area contributed by atoms with Gasteiger partial charge in [0, 0.05) is 23.9 Å². The SMILES string of the molecule is COc1ncc(C2NCCO2)c2c1CCCC2. The Kier molecular flexibility index (Phi) is 2.99. The quantitative estimate of drug-likeness (QED) is 0.844. The number of ether oxygens (including phenoxy) is 2. The highest BCUT2D eigenvalue weighted by molar-refractivity contribution is 5.42. The first-order valence-electron chi connectivity index (χ1n) is 6.30. The van der Waals surface area contributed by atoms with Gasteiger partial charge in [0.05, 0.1) is 13.7 Å². The summed E-state index contributed by atoms with van der Waals surface area (Å²) >= 11 is 0. The Morgan fingerprint density at radius 1 is 1.35 bits per heavy atom. The Labute approximate surface area is 101 Å². The minimum atomic E-state index is 0.0280. The molecule has 4 heteroatoms. The molecular formula is C13H18N2O2. The molecule has 0 saturated carbocycles. The Morgan fingerprint density at radius 3 is 2.88 bits per heavy atom. The van der Waals surface area contributed by atoms with Crippen molar-refractivity contribution in [1.29, 1.82) is 0 Å². The van der Waals surface area contributed by atoms with E-state index in [9.17, 15) is 0 Å². The van der Waals surface area contributed by atoms with Gasteiger partial charge >= 0.3 is 0 Å². The predicted octanol–water partition coefficient (Wildman–Crippen LogP) is 1.59. The van der Waals surface area contributed by atoms with Gasteiger partial charge in [-0.05, 0) is 31.2 Å². The molecular weight excluding hydrogens is 216 g/mol. The molecule has 2 aliphatic rings. The monoisotopic (exact) mass is 234 g/mol. The van der Waals surface area contributed by atoms with E-state index in [1.54, 1.807) is 7.11 Å². The van der Waals surface area contributed by atoms with Gasteiger partial charge in [0.25, 0.3) is 0 Å². The normalized spacial score (nSPS) is 23.5. The average molecular weight is 234 g/mol. The first-order valence-corrected chi connectivity index (χ1v) is 6.30. The molecule has 1 saturated heterocycles. The summed E-state index contributed by atoms with van der Waals surface area (Å²) in [5.41, 5.74) is 3.88. The summed E-state index contributed by atoms with van der Waals surface area (Å²) in [7, 11) is 1.70. The van der Waals surface area contributed by atoms with Crippen LogP contribution in [-0.4, -0.2) is 25.2 Å². The summed E-state index contributed by atoms with van der Waals surface area (Å²) in [6.45, 7) is 1.71. The van der Waals surface area contributed by atoms with Crippen LogP contribution in [-0.2, 0) is 17.6 Å². The summed E-state index contributed by atoms with van der Waals surface area (Å²) in [5, 5.41) is 3.36. The average Bonchev–Trinajstić information content (AvgIpc) is 2.91. The third-order valence-corrected chi connectivity index (χ3v) is 3.59. The minimum Gasteiger partial charge on any atom is -0.481 e. The van der Waals surface area contributed by atoms with E-state index in [4.69, 9.17) is 9.47 Å². The lowest BCUT2D eigenvalue weighted by Crippen LogP contribution is -2.19. The molecule has 4 nitrogen and oxygen atoms in total. The van der Waals surface area contributed by atoms with Crippen molar-refractivity contribution >= 4 is 0 Å². The van der Waals surface area contributed by atoms with Gasteiger partial charge in [-0.25, -0.2) is 4.98 Å². The van der Waals surface area contributed by atoms with E-state index in [0.29, 0.717) is 0 Å². The number of rotatable bonds is 2. The topological polar surface area (TPSA) is 43.4 Å². The van der Waals surface area contributed by atoms with Crippen LogP contribution in [0.5, 0.6) is 5.88 Å². The zero-order chi connectivity index (χ0) is 11.7. The molecule has 0 amide bonds. The van der Waals surface area contributed by atoms with Gasteiger partial charge in [0.1, 0.15) is 6.23 Å². The third-order valence-electron chi connectivity index (χ3n) is 3.59. The highest BCUT2D eigenvalue weighted by Gasteiger charge is 2.25. The molecule has 17 heavy (non-hydrogen) atoms. The van der Waals surface area contributed by atoms with Gasteiger partial charge in [-0.2, -0.15) is 0 Å². The summed E-state index contributed by atoms with van der Waals surface area (Å²) < 4.78 is 11.0. The van der Waals surface area contributed by atoms with Crippen molar-refractivity contribution in [1.82, 2.24) is 10.3 Å². The zero-order valence-corrected chi connectivity index (χ0v) is 10.2. The first kappa shape index (κ1) is 11.0. The van der Waals surface area contributed by atoms with Crippen molar-refractivity contribution in [3.8, 4) is 5.88 Å². The van der Waals surface area contributed by atoms with Crippen LogP contribution in [0.25, 0.3) is 0 Å². The number of hydrogen-bond donors (Lipinski definition) is 1. The second kappa shape index (κ2) is 4.63. The summed E-state index contributed by atoms with van der Waals surface area (Å²) in [4.78, 5) is 4.41. The van der Waals surface area contributed by atoms with E-state index >= 15 is 0 Å². The fourth-order valence-corrected chi connectivity index (χ4v) is 2.77. The number of hydrogen-bond acceptors (Lipinski definition) is 4. The predicted molar refractivity (Wildman–Crippen MR) is 64.1 cm³/mol. The number of aromatic nitrogens is 1. The van der Waals surface area contributed by atoms with Gasteiger partial charge in [0.15, 0.2) is 0 Å². The van der Waals surface area contributed by atoms with Crippen LogP contribution in [0.15, 0.2) is 6.20 Å². The van der Waals surface area contributed by atoms with E-state index in [1.807, 2.05) is 6.20 Å². The Hall–Kier alpha value is -1.13. The van der Waals surface area contributed by atoms with Crippen LogP contribution in [0.3, 0.4) is 0 Å². The molecule has 0 radical (unpaired) electrons. The molecule has 92 valence electrons. The fourth-order valence-electron chi connectivity index (χ4n) is 2.77. The van der Waals surface area contributed by atoms with Crippen molar-refractivity contribution < 1.29 is 9.47 Å². The maximum Gasteiger partial charge on any atom is 0.216 e. The molecule has 3 rings (SSSR count). The molecule has 0 aromatic carbocycles. The van der Waals surface area contributed by atoms with E-state index in [-0.39, 0.29) is 6.23 Å². The van der Waals surface area contributed by atoms with E-state index in [2.05, 4.69) is 10.3 Å². The minimum absolute atomic E-state index is 0.0280. The molecule has 1 fully saturated rings. The molecule has 0 bridgehead atoms. The zero-order valence-electron chi connectivity index (χ0n) is 10.2. The Morgan fingerprint density at radius 2 is 2.18 bits per heavy atom. The van der Waals surface area contributed by atoms with Crippen molar-refractivity contribution in [3.63, 3.8) is 0 Å². The van der Waals surface area contributed by atoms with Crippen LogP contribution >= 0.6 is 0 Å². The maximum absolute atomic E-state index is 5.69. The lowest BCUT2D eigenvalue weighted by molar-refractivity contribution is 0.101. The second-order valence-electron chi connectivity index (χ2n) is 4.59. The summed E-state index contributed by atoms with van der Waals surface area (Å²) in [6.07, 6.45) is 6.61. The molecule has 1 aromatic rings. The van der Waals surface area contributed by atoms with Crippen LogP contribution < -0.4 is 10.1 Å². The highest BCUT2D eigenvalue weighted by Crippen LogP contribution is 2.33. The van der Waals surface area contributed by atoms with Crippen molar-refractivity contribution in [2.75, 3.05) is 20.3 Å². The molecule has 2 heterocycles. The molecule has 1 unspecified atom stereocenters. The van der Waals surface area contributed by atoms with Gasteiger partial charge in [-0.15, -0.1) is 0 Å². The van der Waals surface area contributed by atoms with Crippen LogP contribution in [0.1, 0.15) is 35.8 Å². The fraction of sp³-hybridized carbons (Fsp3) is 0.615. The number of nitrogens with one attached hydrogen (secondary N) is 1. The summed E-state index contributed by atoms with van der Waals surface area (Å²) in [5.74, 6) is 0.793. The van der Waals surface area contributed by atoms with E-state index in [0.717, 1.165) is 31.9 Å².